The lowest BCUT2D eigenvalue weighted by atomic mass is 10.1. The second-order valence-electron chi connectivity index (χ2n) is 7.34. The zero-order chi connectivity index (χ0) is 23.9. The third-order valence-corrected chi connectivity index (χ3v) is 6.51. The van der Waals surface area contributed by atoms with Crippen molar-refractivity contribution in [1.82, 2.24) is 0 Å². The van der Waals surface area contributed by atoms with Crippen LogP contribution in [0.5, 0.6) is 0 Å². The van der Waals surface area contributed by atoms with E-state index in [0.29, 0.717) is 16.4 Å². The maximum Gasteiger partial charge on any atom is 0.258 e. The summed E-state index contributed by atoms with van der Waals surface area (Å²) in [5.41, 5.74) is 1.80. The molecule has 4 rings (SSSR count). The zero-order valence-corrected chi connectivity index (χ0v) is 19.4. The molecule has 0 aliphatic carbocycles. The van der Waals surface area contributed by atoms with Crippen LogP contribution in [0.15, 0.2) is 108 Å². The molecule has 0 radical (unpaired) electrons. The van der Waals surface area contributed by atoms with Gasteiger partial charge in [-0.3, -0.25) is 9.59 Å². The summed E-state index contributed by atoms with van der Waals surface area (Å²) in [5, 5.41) is 5.49. The van der Waals surface area contributed by atoms with Gasteiger partial charge in [-0.25, -0.2) is 4.39 Å². The SMILES string of the molecule is O=C(Nc1cccc(SC(C(=O)Nc2ccccc2Cl)c2ccccc2)c1)c1ccccc1F. The van der Waals surface area contributed by atoms with Gasteiger partial charge in [0.05, 0.1) is 16.3 Å². The van der Waals surface area contributed by atoms with Gasteiger partial charge in [0.25, 0.3) is 5.91 Å². The highest BCUT2D eigenvalue weighted by molar-refractivity contribution is 8.00. The van der Waals surface area contributed by atoms with E-state index in [0.717, 1.165) is 10.5 Å². The fraction of sp³-hybridized carbons (Fsp3) is 0.0370. The van der Waals surface area contributed by atoms with Gasteiger partial charge in [0.2, 0.25) is 5.91 Å². The lowest BCUT2D eigenvalue weighted by Crippen LogP contribution is -2.19. The van der Waals surface area contributed by atoms with Crippen LogP contribution in [0.3, 0.4) is 0 Å². The molecule has 0 fully saturated rings. The van der Waals surface area contributed by atoms with E-state index in [9.17, 15) is 14.0 Å². The maximum atomic E-state index is 14.0. The second-order valence-corrected chi connectivity index (χ2v) is 8.93. The number of benzene rings is 4. The van der Waals surface area contributed by atoms with Gasteiger partial charge in [0.1, 0.15) is 11.1 Å². The van der Waals surface area contributed by atoms with Gasteiger partial charge in [-0.15, -0.1) is 11.8 Å². The minimum Gasteiger partial charge on any atom is -0.323 e. The molecule has 0 saturated heterocycles. The molecule has 0 bridgehead atoms. The van der Waals surface area contributed by atoms with E-state index in [1.165, 1.54) is 30.0 Å². The van der Waals surface area contributed by atoms with Crippen LogP contribution in [-0.2, 0) is 4.79 Å². The molecular weight excluding hydrogens is 471 g/mol. The number of hydrogen-bond acceptors (Lipinski definition) is 3. The highest BCUT2D eigenvalue weighted by Crippen LogP contribution is 2.37. The Balaban J connectivity index is 1.56. The molecule has 0 heterocycles. The molecule has 1 atom stereocenters. The molecule has 2 N–H and O–H groups in total. The van der Waals surface area contributed by atoms with Gasteiger partial charge < -0.3 is 10.6 Å². The molecule has 0 spiro atoms. The Kier molecular flexibility index (Phi) is 7.62. The Bertz CT molecular complexity index is 1320. The third-order valence-electron chi connectivity index (χ3n) is 4.94. The topological polar surface area (TPSA) is 58.2 Å². The summed E-state index contributed by atoms with van der Waals surface area (Å²) >= 11 is 7.56. The smallest absolute Gasteiger partial charge is 0.258 e. The number of amides is 2. The van der Waals surface area contributed by atoms with E-state index in [1.807, 2.05) is 36.4 Å². The summed E-state index contributed by atoms with van der Waals surface area (Å²) in [4.78, 5) is 26.5. The number of carbonyl (C=O) groups is 2. The van der Waals surface area contributed by atoms with Crippen molar-refractivity contribution >= 4 is 46.6 Å². The van der Waals surface area contributed by atoms with Crippen LogP contribution >= 0.6 is 23.4 Å². The lowest BCUT2D eigenvalue weighted by Gasteiger charge is -2.18. The molecule has 7 heteroatoms. The first kappa shape index (κ1) is 23.5. The lowest BCUT2D eigenvalue weighted by molar-refractivity contribution is -0.115. The standard InChI is InChI=1S/C27H20ClFN2O2S/c28-22-14-5-7-16-24(22)31-27(33)25(18-9-2-1-3-10-18)34-20-12-8-11-19(17-20)30-26(32)21-13-4-6-15-23(21)29/h1-17,25H,(H,30,32)(H,31,33). The molecule has 4 aromatic carbocycles. The fourth-order valence-electron chi connectivity index (χ4n) is 3.29. The molecule has 2 amide bonds. The van der Waals surface area contributed by atoms with Crippen molar-refractivity contribution in [2.45, 2.75) is 10.1 Å². The number of thioether (sulfide) groups is 1. The van der Waals surface area contributed by atoms with E-state index in [4.69, 9.17) is 11.6 Å². The molecule has 4 nitrogen and oxygen atoms in total. The summed E-state index contributed by atoms with van der Waals surface area (Å²) in [7, 11) is 0. The number of halogens is 2. The number of carbonyl (C=O) groups excluding carboxylic acids is 2. The van der Waals surface area contributed by atoms with Crippen molar-refractivity contribution in [2.75, 3.05) is 10.6 Å². The quantitative estimate of drug-likeness (QED) is 0.269. The Morgan fingerprint density at radius 1 is 0.794 bits per heavy atom. The predicted molar refractivity (Wildman–Crippen MR) is 136 cm³/mol. The first-order valence-corrected chi connectivity index (χ1v) is 11.7. The zero-order valence-electron chi connectivity index (χ0n) is 17.9. The van der Waals surface area contributed by atoms with E-state index in [1.54, 1.807) is 48.5 Å². The Morgan fingerprint density at radius 3 is 2.26 bits per heavy atom. The third kappa shape index (κ3) is 5.84. The van der Waals surface area contributed by atoms with Gasteiger partial charge in [-0.2, -0.15) is 0 Å². The maximum absolute atomic E-state index is 14.0. The number of rotatable bonds is 7. The highest BCUT2D eigenvalue weighted by atomic mass is 35.5. The van der Waals surface area contributed by atoms with Gasteiger partial charge in [-0.1, -0.05) is 72.3 Å². The van der Waals surface area contributed by atoms with Gasteiger partial charge in [-0.05, 0) is 48.0 Å². The summed E-state index contributed by atoms with van der Waals surface area (Å²) in [6.07, 6.45) is 0. The predicted octanol–water partition coefficient (Wildman–Crippen LogP) is 7.20. The average Bonchev–Trinajstić information content (AvgIpc) is 2.85. The van der Waals surface area contributed by atoms with Crippen LogP contribution in [0.1, 0.15) is 21.2 Å². The summed E-state index contributed by atoms with van der Waals surface area (Å²) in [6.45, 7) is 0. The van der Waals surface area contributed by atoms with Gasteiger partial charge >= 0.3 is 0 Å². The average molecular weight is 491 g/mol. The molecule has 1 unspecified atom stereocenters. The summed E-state index contributed by atoms with van der Waals surface area (Å²) in [5.74, 6) is -1.37. The van der Waals surface area contributed by atoms with E-state index < -0.39 is 17.0 Å². The van der Waals surface area contributed by atoms with E-state index >= 15 is 0 Å². The molecule has 34 heavy (non-hydrogen) atoms. The second kappa shape index (κ2) is 11.0. The number of anilines is 2. The van der Waals surface area contributed by atoms with E-state index in [-0.39, 0.29) is 11.5 Å². The van der Waals surface area contributed by atoms with Crippen molar-refractivity contribution in [1.29, 1.82) is 0 Å². The van der Waals surface area contributed by atoms with Crippen LogP contribution in [0.25, 0.3) is 0 Å². The summed E-state index contributed by atoms with van der Waals surface area (Å²) < 4.78 is 14.0. The molecule has 170 valence electrons. The number of para-hydroxylation sites is 1. The fourth-order valence-corrected chi connectivity index (χ4v) is 4.56. The monoisotopic (exact) mass is 490 g/mol. The van der Waals surface area contributed by atoms with Crippen molar-refractivity contribution in [3.05, 3.63) is 125 Å². The molecule has 0 aliphatic rings. The molecular formula is C27H20ClFN2O2S. The molecule has 0 aromatic heterocycles. The van der Waals surface area contributed by atoms with Gasteiger partial charge in [0, 0.05) is 10.6 Å². The number of nitrogens with one attached hydrogen (secondary N) is 2. The van der Waals surface area contributed by atoms with Crippen molar-refractivity contribution in [3.8, 4) is 0 Å². The minimum atomic E-state index is -0.592. The summed E-state index contributed by atoms with van der Waals surface area (Å²) in [6, 6.07) is 29.3. The van der Waals surface area contributed by atoms with Crippen molar-refractivity contribution in [3.63, 3.8) is 0 Å². The van der Waals surface area contributed by atoms with Crippen LogP contribution in [0, 0.1) is 5.82 Å². The Morgan fingerprint density at radius 2 is 1.50 bits per heavy atom. The van der Waals surface area contributed by atoms with Crippen LogP contribution in [0.2, 0.25) is 5.02 Å². The first-order valence-electron chi connectivity index (χ1n) is 10.4. The Hall–Kier alpha value is -3.61. The largest absolute Gasteiger partial charge is 0.323 e. The Labute approximate surface area is 206 Å². The number of hydrogen-bond donors (Lipinski definition) is 2. The van der Waals surface area contributed by atoms with Crippen molar-refractivity contribution in [2.24, 2.45) is 0 Å². The normalized spacial score (nSPS) is 11.5. The molecule has 0 aliphatic heterocycles. The van der Waals surface area contributed by atoms with Crippen LogP contribution in [-0.4, -0.2) is 11.8 Å². The molecule has 0 saturated carbocycles. The highest BCUT2D eigenvalue weighted by Gasteiger charge is 2.23. The van der Waals surface area contributed by atoms with Crippen LogP contribution < -0.4 is 10.6 Å². The first-order chi connectivity index (χ1) is 16.5. The van der Waals surface area contributed by atoms with Crippen molar-refractivity contribution < 1.29 is 14.0 Å². The van der Waals surface area contributed by atoms with Crippen LogP contribution in [0.4, 0.5) is 15.8 Å². The molecule has 4 aromatic rings. The van der Waals surface area contributed by atoms with E-state index in [2.05, 4.69) is 10.6 Å². The van der Waals surface area contributed by atoms with Gasteiger partial charge in [0.15, 0.2) is 0 Å². The minimum absolute atomic E-state index is 0.0400.